The number of nitrogens with zero attached hydrogens (tertiary/aromatic N) is 3. The summed E-state index contributed by atoms with van der Waals surface area (Å²) in [6.45, 7) is 16.2. The Morgan fingerprint density at radius 3 is 2.42 bits per heavy atom. The molecule has 0 spiro atoms. The van der Waals surface area contributed by atoms with Crippen LogP contribution in [0.3, 0.4) is 0 Å². The summed E-state index contributed by atoms with van der Waals surface area (Å²) in [4.78, 5) is 21.3. The minimum atomic E-state index is 0.104. The summed E-state index contributed by atoms with van der Waals surface area (Å²) < 4.78 is 1.98. The third-order valence-corrected chi connectivity index (χ3v) is 7.11. The van der Waals surface area contributed by atoms with Gasteiger partial charge in [-0.25, -0.2) is 4.98 Å². The molecule has 1 aliphatic heterocycles. The zero-order valence-corrected chi connectivity index (χ0v) is 21.1. The van der Waals surface area contributed by atoms with Gasteiger partial charge in [0.05, 0.1) is 10.9 Å². The van der Waals surface area contributed by atoms with Crippen LogP contribution in [0.5, 0.6) is 0 Å². The molecule has 1 aromatic heterocycles. The van der Waals surface area contributed by atoms with Gasteiger partial charge in [0.15, 0.2) is 0 Å². The van der Waals surface area contributed by atoms with Crippen LogP contribution < -0.4 is 5.56 Å². The third kappa shape index (κ3) is 5.06. The Hall–Kier alpha value is -2.46. The molecule has 0 unspecified atom stereocenters. The van der Waals surface area contributed by atoms with E-state index in [1.165, 1.54) is 18.4 Å². The first-order chi connectivity index (χ1) is 15.7. The largest absolute Gasteiger partial charge is 0.301 e. The fourth-order valence-electron chi connectivity index (χ4n) is 5.09. The Morgan fingerprint density at radius 2 is 1.73 bits per heavy atom. The van der Waals surface area contributed by atoms with Crippen molar-refractivity contribution in [3.05, 3.63) is 64.2 Å². The van der Waals surface area contributed by atoms with Crippen molar-refractivity contribution >= 4 is 10.9 Å². The molecule has 2 aromatic carbocycles. The minimum Gasteiger partial charge on any atom is -0.301 e. The Kier molecular flexibility index (Phi) is 7.04. The minimum absolute atomic E-state index is 0.104. The Morgan fingerprint density at radius 1 is 0.970 bits per heavy atom. The van der Waals surface area contributed by atoms with E-state index in [2.05, 4.69) is 76.8 Å². The molecule has 0 amide bonds. The predicted octanol–water partition coefficient (Wildman–Crippen LogP) is 6.43. The van der Waals surface area contributed by atoms with Crippen molar-refractivity contribution in [2.45, 2.75) is 78.8 Å². The number of aromatic nitrogens is 2. The number of rotatable bonds is 6. The van der Waals surface area contributed by atoms with Crippen LogP contribution in [0.25, 0.3) is 22.0 Å². The van der Waals surface area contributed by atoms with Gasteiger partial charge in [0.2, 0.25) is 0 Å². The van der Waals surface area contributed by atoms with Gasteiger partial charge < -0.3 is 4.90 Å². The lowest BCUT2D eigenvalue weighted by Gasteiger charge is -2.36. The zero-order chi connectivity index (χ0) is 23.7. The highest BCUT2D eigenvalue weighted by Gasteiger charge is 2.24. The highest BCUT2D eigenvalue weighted by molar-refractivity contribution is 5.84. The van der Waals surface area contributed by atoms with Crippen molar-refractivity contribution in [2.24, 2.45) is 5.92 Å². The first-order valence-corrected chi connectivity index (χ1v) is 12.6. The number of likely N-dealkylation sites (tertiary alicyclic amines) is 1. The highest BCUT2D eigenvalue weighted by atomic mass is 16.1. The number of hydrogen-bond donors (Lipinski definition) is 0. The van der Waals surface area contributed by atoms with E-state index in [1.54, 1.807) is 0 Å². The van der Waals surface area contributed by atoms with Gasteiger partial charge in [-0.1, -0.05) is 58.0 Å². The summed E-state index contributed by atoms with van der Waals surface area (Å²) in [5.74, 6) is 2.07. The van der Waals surface area contributed by atoms with E-state index in [0.717, 1.165) is 47.5 Å². The molecule has 0 N–H and O–H groups in total. The van der Waals surface area contributed by atoms with Crippen molar-refractivity contribution in [3.63, 3.8) is 0 Å². The molecule has 33 heavy (non-hydrogen) atoms. The SMILES string of the molecule is CC(C)c1cccc(-c2ccc3nc(C(C)C)n(C[C@H]4CCCN(C(C)C)C4)c(=O)c3c2)c1. The number of hydrogen-bond acceptors (Lipinski definition) is 3. The summed E-state index contributed by atoms with van der Waals surface area (Å²) in [5, 5.41) is 0.725. The van der Waals surface area contributed by atoms with E-state index in [4.69, 9.17) is 4.98 Å². The molecule has 4 nitrogen and oxygen atoms in total. The van der Waals surface area contributed by atoms with Crippen molar-refractivity contribution in [1.29, 1.82) is 0 Å². The lowest BCUT2D eigenvalue weighted by molar-refractivity contribution is 0.129. The van der Waals surface area contributed by atoms with Crippen LogP contribution in [0.1, 0.15) is 77.6 Å². The van der Waals surface area contributed by atoms with Gasteiger partial charge in [-0.2, -0.15) is 0 Å². The van der Waals surface area contributed by atoms with Crippen molar-refractivity contribution in [3.8, 4) is 11.1 Å². The van der Waals surface area contributed by atoms with Gasteiger partial charge in [0.25, 0.3) is 5.56 Å². The summed E-state index contributed by atoms with van der Waals surface area (Å²) in [6, 6.07) is 15.4. The van der Waals surface area contributed by atoms with Crippen molar-refractivity contribution in [1.82, 2.24) is 14.5 Å². The molecule has 0 bridgehead atoms. The van der Waals surface area contributed by atoms with E-state index in [0.29, 0.717) is 17.9 Å². The number of fused-ring (bicyclic) bond motifs is 1. The average Bonchev–Trinajstić information content (AvgIpc) is 2.80. The lowest BCUT2D eigenvalue weighted by Crippen LogP contribution is -2.42. The molecule has 0 aliphatic carbocycles. The molecule has 1 aliphatic rings. The fraction of sp³-hybridized carbons (Fsp3) is 0.517. The summed E-state index contributed by atoms with van der Waals surface area (Å²) >= 11 is 0. The van der Waals surface area contributed by atoms with E-state index in [9.17, 15) is 4.79 Å². The van der Waals surface area contributed by atoms with Crippen LogP contribution >= 0.6 is 0 Å². The zero-order valence-electron chi connectivity index (χ0n) is 21.1. The van der Waals surface area contributed by atoms with Gasteiger partial charge >= 0.3 is 0 Å². The van der Waals surface area contributed by atoms with Crippen LogP contribution in [-0.2, 0) is 6.54 Å². The van der Waals surface area contributed by atoms with E-state index >= 15 is 0 Å². The standard InChI is InChI=1S/C29H39N3O/c1-19(2)23-10-7-11-24(15-23)25-12-13-27-26(16-25)29(33)32(28(30-27)20(3)4)18-22-9-8-14-31(17-22)21(5)6/h7,10-13,15-16,19-22H,8-9,14,17-18H2,1-6H3/t22-/m0/s1. The summed E-state index contributed by atoms with van der Waals surface area (Å²) in [7, 11) is 0. The quantitative estimate of drug-likeness (QED) is 0.439. The molecule has 0 saturated carbocycles. The highest BCUT2D eigenvalue weighted by Crippen LogP contribution is 2.27. The molecule has 3 aromatic rings. The molecule has 2 heterocycles. The second-order valence-electron chi connectivity index (χ2n) is 10.6. The molecular weight excluding hydrogens is 406 g/mol. The lowest BCUT2D eigenvalue weighted by atomic mass is 9.96. The van der Waals surface area contributed by atoms with E-state index < -0.39 is 0 Å². The molecular formula is C29H39N3O. The molecule has 176 valence electrons. The second kappa shape index (κ2) is 9.80. The van der Waals surface area contributed by atoms with Crippen molar-refractivity contribution in [2.75, 3.05) is 13.1 Å². The molecule has 1 atom stereocenters. The molecule has 1 saturated heterocycles. The Balaban J connectivity index is 1.76. The van der Waals surface area contributed by atoms with Gasteiger partial charge in [0, 0.05) is 25.0 Å². The van der Waals surface area contributed by atoms with Crippen LogP contribution in [0, 0.1) is 5.92 Å². The molecule has 0 radical (unpaired) electrons. The smallest absolute Gasteiger partial charge is 0.261 e. The van der Waals surface area contributed by atoms with Crippen LogP contribution in [0.2, 0.25) is 0 Å². The number of benzene rings is 2. The molecule has 1 fully saturated rings. The first-order valence-electron chi connectivity index (χ1n) is 12.6. The Bertz CT molecular complexity index is 1180. The maximum Gasteiger partial charge on any atom is 0.261 e. The fourth-order valence-corrected chi connectivity index (χ4v) is 5.09. The van der Waals surface area contributed by atoms with Gasteiger partial charge in [-0.05, 0) is 73.9 Å². The Labute approximate surface area is 198 Å². The van der Waals surface area contributed by atoms with Crippen LogP contribution in [0.4, 0.5) is 0 Å². The summed E-state index contributed by atoms with van der Waals surface area (Å²) in [6.07, 6.45) is 2.37. The van der Waals surface area contributed by atoms with Crippen LogP contribution in [0.15, 0.2) is 47.3 Å². The predicted molar refractivity (Wildman–Crippen MR) is 139 cm³/mol. The molecule has 4 rings (SSSR count). The third-order valence-electron chi connectivity index (χ3n) is 7.11. The average molecular weight is 446 g/mol. The van der Waals surface area contributed by atoms with E-state index in [-0.39, 0.29) is 11.5 Å². The van der Waals surface area contributed by atoms with E-state index in [1.807, 2.05) is 16.7 Å². The first kappa shape index (κ1) is 23.7. The normalized spacial score (nSPS) is 17.5. The van der Waals surface area contributed by atoms with Gasteiger partial charge in [-0.15, -0.1) is 0 Å². The monoisotopic (exact) mass is 445 g/mol. The van der Waals surface area contributed by atoms with Gasteiger partial charge in [0.1, 0.15) is 5.82 Å². The van der Waals surface area contributed by atoms with Crippen molar-refractivity contribution < 1.29 is 0 Å². The number of piperidine rings is 1. The topological polar surface area (TPSA) is 38.1 Å². The maximum atomic E-state index is 13.8. The second-order valence-corrected chi connectivity index (χ2v) is 10.6. The molecule has 4 heteroatoms. The van der Waals surface area contributed by atoms with Gasteiger partial charge in [-0.3, -0.25) is 9.36 Å². The van der Waals surface area contributed by atoms with Crippen LogP contribution in [-0.4, -0.2) is 33.6 Å². The summed E-state index contributed by atoms with van der Waals surface area (Å²) in [5.41, 5.74) is 4.45. The maximum absolute atomic E-state index is 13.8.